The molecule has 0 aliphatic carbocycles. The average molecular weight is 225 g/mol. The lowest BCUT2D eigenvalue weighted by Gasteiger charge is -2.15. The molecule has 87 valence electrons. The summed E-state index contributed by atoms with van der Waals surface area (Å²) in [4.78, 5) is 0. The van der Waals surface area contributed by atoms with Crippen molar-refractivity contribution < 1.29 is 5.11 Å². The quantitative estimate of drug-likeness (QED) is 0.808. The van der Waals surface area contributed by atoms with E-state index in [2.05, 4.69) is 38.1 Å². The highest BCUT2D eigenvalue weighted by molar-refractivity contribution is 5.70. The molecule has 0 saturated heterocycles. The van der Waals surface area contributed by atoms with Gasteiger partial charge in [-0.3, -0.25) is 0 Å². The molecule has 0 spiro atoms. The van der Waals surface area contributed by atoms with Crippen molar-refractivity contribution in [3.05, 3.63) is 53.6 Å². The Labute approximate surface area is 103 Å². The van der Waals surface area contributed by atoms with E-state index in [0.717, 1.165) is 5.56 Å². The minimum Gasteiger partial charge on any atom is -0.508 e. The maximum absolute atomic E-state index is 9.81. The smallest absolute Gasteiger partial charge is 0.118 e. The maximum atomic E-state index is 9.81. The number of phenols is 1. The van der Waals surface area contributed by atoms with Crippen LogP contribution in [0.3, 0.4) is 0 Å². The van der Waals surface area contributed by atoms with Gasteiger partial charge in [-0.1, -0.05) is 38.1 Å². The van der Waals surface area contributed by atoms with Crippen molar-refractivity contribution in [2.24, 2.45) is 0 Å². The van der Waals surface area contributed by atoms with Crippen LogP contribution in [0.15, 0.2) is 36.4 Å². The molecule has 0 saturated carbocycles. The first-order valence-corrected chi connectivity index (χ1v) is 5.89. The second-order valence-corrected chi connectivity index (χ2v) is 4.67. The summed E-state index contributed by atoms with van der Waals surface area (Å²) in [6.45, 7) is 6.21. The van der Waals surface area contributed by atoms with Gasteiger partial charge in [-0.15, -0.1) is 0 Å². The Bertz CT molecular complexity index is 513. The molecule has 1 nitrogen and oxygen atoms in total. The molecule has 0 amide bonds. The number of benzene rings is 2. The largest absolute Gasteiger partial charge is 0.508 e. The van der Waals surface area contributed by atoms with Crippen LogP contribution in [0, 0.1) is 13.0 Å². The third-order valence-corrected chi connectivity index (χ3v) is 3.02. The third-order valence-electron chi connectivity index (χ3n) is 3.02. The number of rotatable bonds is 2. The standard InChI is InChI=1S/C16H17O/c1-11(2)14-10-16(17)12(3)9-15(14)13-7-5-4-6-8-13/h5-11,17H,1-3H3. The summed E-state index contributed by atoms with van der Waals surface area (Å²) in [6.07, 6.45) is 0. The minimum atomic E-state index is 0.375. The van der Waals surface area contributed by atoms with Gasteiger partial charge >= 0.3 is 0 Å². The van der Waals surface area contributed by atoms with E-state index in [1.807, 2.05) is 25.1 Å². The normalized spacial score (nSPS) is 10.8. The molecule has 1 radical (unpaired) electrons. The molecular formula is C16H17O. The zero-order valence-electron chi connectivity index (χ0n) is 10.5. The monoisotopic (exact) mass is 225 g/mol. The Morgan fingerprint density at radius 1 is 1.12 bits per heavy atom. The van der Waals surface area contributed by atoms with Crippen LogP contribution in [-0.4, -0.2) is 5.11 Å². The van der Waals surface area contributed by atoms with Gasteiger partial charge in [0.05, 0.1) is 0 Å². The fourth-order valence-electron chi connectivity index (χ4n) is 2.01. The first-order valence-electron chi connectivity index (χ1n) is 5.89. The second-order valence-electron chi connectivity index (χ2n) is 4.67. The molecule has 2 aromatic rings. The summed E-state index contributed by atoms with van der Waals surface area (Å²) in [5, 5.41) is 9.81. The van der Waals surface area contributed by atoms with Crippen molar-refractivity contribution in [1.29, 1.82) is 0 Å². The van der Waals surface area contributed by atoms with Crippen LogP contribution >= 0.6 is 0 Å². The van der Waals surface area contributed by atoms with E-state index in [4.69, 9.17) is 0 Å². The first-order chi connectivity index (χ1) is 8.09. The summed E-state index contributed by atoms with van der Waals surface area (Å²) >= 11 is 0. The molecule has 1 heteroatoms. The molecule has 0 fully saturated rings. The Morgan fingerprint density at radius 3 is 2.35 bits per heavy atom. The predicted molar refractivity (Wildman–Crippen MR) is 71.2 cm³/mol. The Kier molecular flexibility index (Phi) is 3.19. The lowest BCUT2D eigenvalue weighted by molar-refractivity contribution is 0.470. The fraction of sp³-hybridized carbons (Fsp3) is 0.250. The van der Waals surface area contributed by atoms with Crippen molar-refractivity contribution in [1.82, 2.24) is 0 Å². The molecule has 0 bridgehead atoms. The van der Waals surface area contributed by atoms with Gasteiger partial charge in [0.2, 0.25) is 0 Å². The highest BCUT2D eigenvalue weighted by Gasteiger charge is 2.11. The van der Waals surface area contributed by atoms with Crippen LogP contribution < -0.4 is 0 Å². The summed E-state index contributed by atoms with van der Waals surface area (Å²) in [5.41, 5.74) is 4.47. The van der Waals surface area contributed by atoms with E-state index in [-0.39, 0.29) is 0 Å². The Hall–Kier alpha value is -1.76. The molecule has 2 aromatic carbocycles. The Balaban J connectivity index is 2.64. The SMILES string of the molecule is Cc1cc(-c2cc[c]cc2)c(C(C)C)cc1O. The zero-order chi connectivity index (χ0) is 12.4. The van der Waals surface area contributed by atoms with Crippen LogP contribution in [-0.2, 0) is 0 Å². The lowest BCUT2D eigenvalue weighted by atomic mass is 9.91. The molecule has 0 aliphatic rings. The van der Waals surface area contributed by atoms with Gasteiger partial charge < -0.3 is 5.11 Å². The molecule has 1 N–H and O–H groups in total. The van der Waals surface area contributed by atoms with Crippen LogP contribution in [0.5, 0.6) is 5.75 Å². The summed E-state index contributed by atoms with van der Waals surface area (Å²) in [6, 6.07) is 14.9. The van der Waals surface area contributed by atoms with Gasteiger partial charge in [-0.05, 0) is 53.3 Å². The third kappa shape index (κ3) is 2.33. The number of phenolic OH excluding ortho intramolecular Hbond substituents is 1. The maximum Gasteiger partial charge on any atom is 0.118 e. The van der Waals surface area contributed by atoms with Gasteiger partial charge in [0.1, 0.15) is 5.75 Å². The first kappa shape index (κ1) is 11.7. The minimum absolute atomic E-state index is 0.375. The van der Waals surface area contributed by atoms with Crippen LogP contribution in [0.4, 0.5) is 0 Å². The van der Waals surface area contributed by atoms with E-state index in [0.29, 0.717) is 11.7 Å². The van der Waals surface area contributed by atoms with Gasteiger partial charge in [0, 0.05) is 0 Å². The summed E-state index contributed by atoms with van der Waals surface area (Å²) in [7, 11) is 0. The molecule has 0 unspecified atom stereocenters. The van der Waals surface area contributed by atoms with E-state index >= 15 is 0 Å². The molecular weight excluding hydrogens is 208 g/mol. The summed E-state index contributed by atoms with van der Waals surface area (Å²) < 4.78 is 0. The molecule has 17 heavy (non-hydrogen) atoms. The number of hydrogen-bond acceptors (Lipinski definition) is 1. The van der Waals surface area contributed by atoms with E-state index in [1.165, 1.54) is 16.7 Å². The molecule has 0 aromatic heterocycles. The second kappa shape index (κ2) is 4.62. The van der Waals surface area contributed by atoms with Crippen molar-refractivity contribution >= 4 is 0 Å². The van der Waals surface area contributed by atoms with E-state index in [9.17, 15) is 5.11 Å². The van der Waals surface area contributed by atoms with Crippen molar-refractivity contribution in [3.8, 4) is 16.9 Å². The highest BCUT2D eigenvalue weighted by Crippen LogP contribution is 2.33. The van der Waals surface area contributed by atoms with Gasteiger partial charge in [-0.2, -0.15) is 0 Å². The van der Waals surface area contributed by atoms with Crippen molar-refractivity contribution in [3.63, 3.8) is 0 Å². The number of aryl methyl sites for hydroxylation is 1. The fourth-order valence-corrected chi connectivity index (χ4v) is 2.01. The van der Waals surface area contributed by atoms with Gasteiger partial charge in [-0.25, -0.2) is 0 Å². The van der Waals surface area contributed by atoms with Crippen molar-refractivity contribution in [2.75, 3.05) is 0 Å². The van der Waals surface area contributed by atoms with Crippen molar-refractivity contribution in [2.45, 2.75) is 26.7 Å². The van der Waals surface area contributed by atoms with Crippen LogP contribution in [0.1, 0.15) is 30.9 Å². The molecule has 2 rings (SSSR count). The average Bonchev–Trinajstić information content (AvgIpc) is 2.33. The predicted octanol–water partition coefficient (Wildman–Crippen LogP) is 4.29. The number of hydrogen-bond donors (Lipinski definition) is 1. The lowest BCUT2D eigenvalue weighted by Crippen LogP contribution is -1.93. The van der Waals surface area contributed by atoms with E-state index < -0.39 is 0 Å². The number of aromatic hydroxyl groups is 1. The molecule has 0 atom stereocenters. The highest BCUT2D eigenvalue weighted by atomic mass is 16.3. The topological polar surface area (TPSA) is 20.2 Å². The van der Waals surface area contributed by atoms with Gasteiger partial charge in [0.25, 0.3) is 0 Å². The summed E-state index contributed by atoms with van der Waals surface area (Å²) in [5.74, 6) is 0.764. The van der Waals surface area contributed by atoms with Gasteiger partial charge in [0.15, 0.2) is 0 Å². The molecule has 0 heterocycles. The molecule has 0 aliphatic heterocycles. The van der Waals surface area contributed by atoms with Crippen LogP contribution in [0.25, 0.3) is 11.1 Å². The Morgan fingerprint density at radius 2 is 1.76 bits per heavy atom. The zero-order valence-corrected chi connectivity index (χ0v) is 10.5. The van der Waals surface area contributed by atoms with E-state index in [1.54, 1.807) is 0 Å². The van der Waals surface area contributed by atoms with Crippen LogP contribution in [0.2, 0.25) is 0 Å².